The maximum atomic E-state index is 13.5. The number of nitrogens with one attached hydrogen (secondary N) is 1. The van der Waals surface area contributed by atoms with Crippen molar-refractivity contribution >= 4 is 0 Å². The molecule has 1 N–H and O–H groups in total. The lowest BCUT2D eigenvalue weighted by Crippen LogP contribution is -2.17. The Bertz CT molecular complexity index is 593. The Hall–Kier alpha value is -1.87. The molecule has 0 aromatic heterocycles. The molecule has 1 unspecified atom stereocenters. The van der Waals surface area contributed by atoms with Crippen LogP contribution in [0.25, 0.3) is 0 Å². The molecule has 0 bridgehead atoms. The van der Waals surface area contributed by atoms with Crippen molar-refractivity contribution in [3.63, 3.8) is 0 Å². The molecule has 2 nitrogen and oxygen atoms in total. The third-order valence-corrected chi connectivity index (χ3v) is 3.73. The lowest BCUT2D eigenvalue weighted by Gasteiger charge is -2.19. The zero-order valence-corrected chi connectivity index (χ0v) is 13.0. The van der Waals surface area contributed by atoms with Gasteiger partial charge in [-0.1, -0.05) is 44.2 Å². The third-order valence-electron chi connectivity index (χ3n) is 3.73. The van der Waals surface area contributed by atoms with Gasteiger partial charge in [-0.2, -0.15) is 0 Å². The van der Waals surface area contributed by atoms with E-state index >= 15 is 0 Å². The topological polar surface area (TPSA) is 21.3 Å². The highest BCUT2D eigenvalue weighted by Crippen LogP contribution is 2.27. The largest absolute Gasteiger partial charge is 0.494 e. The van der Waals surface area contributed by atoms with Gasteiger partial charge in [0, 0.05) is 0 Å². The Kier molecular flexibility index (Phi) is 4.97. The Labute approximate surface area is 126 Å². The van der Waals surface area contributed by atoms with Gasteiger partial charge in [0.1, 0.15) is 0 Å². The molecule has 2 rings (SSSR count). The predicted molar refractivity (Wildman–Crippen MR) is 84.4 cm³/mol. The van der Waals surface area contributed by atoms with Crippen LogP contribution >= 0.6 is 0 Å². The number of benzene rings is 2. The van der Waals surface area contributed by atoms with Crippen molar-refractivity contribution in [2.24, 2.45) is 0 Å². The standard InChI is InChI=1S/C18H22FNO/c1-12(2)13-5-7-14(8-6-13)18(20-3)15-9-10-16(19)17(11-15)21-4/h5-12,18,20H,1-4H3. The molecule has 0 heterocycles. The number of ether oxygens (including phenoxy) is 1. The first-order chi connectivity index (χ1) is 10.1. The number of hydrogen-bond acceptors (Lipinski definition) is 2. The van der Waals surface area contributed by atoms with Gasteiger partial charge in [0.25, 0.3) is 0 Å². The maximum Gasteiger partial charge on any atom is 0.165 e. The van der Waals surface area contributed by atoms with E-state index in [0.717, 1.165) is 11.1 Å². The predicted octanol–water partition coefficient (Wildman–Crippen LogP) is 4.27. The van der Waals surface area contributed by atoms with Gasteiger partial charge >= 0.3 is 0 Å². The first-order valence-electron chi connectivity index (χ1n) is 7.17. The first-order valence-corrected chi connectivity index (χ1v) is 7.17. The average Bonchev–Trinajstić information content (AvgIpc) is 2.50. The summed E-state index contributed by atoms with van der Waals surface area (Å²) in [5.74, 6) is 0.441. The molecule has 21 heavy (non-hydrogen) atoms. The molecule has 1 atom stereocenters. The van der Waals surface area contributed by atoms with Gasteiger partial charge in [0.05, 0.1) is 13.2 Å². The third kappa shape index (κ3) is 3.42. The summed E-state index contributed by atoms with van der Waals surface area (Å²) in [6.45, 7) is 4.35. The van der Waals surface area contributed by atoms with E-state index in [4.69, 9.17) is 4.74 Å². The summed E-state index contributed by atoms with van der Waals surface area (Å²) >= 11 is 0. The van der Waals surface area contributed by atoms with E-state index in [0.29, 0.717) is 5.92 Å². The van der Waals surface area contributed by atoms with Crippen molar-refractivity contribution in [1.29, 1.82) is 0 Å². The zero-order chi connectivity index (χ0) is 15.4. The molecule has 0 aliphatic carbocycles. The molecule has 2 aromatic rings. The molecule has 112 valence electrons. The number of methoxy groups -OCH3 is 1. The van der Waals surface area contributed by atoms with Crippen LogP contribution in [0.15, 0.2) is 42.5 Å². The van der Waals surface area contributed by atoms with E-state index < -0.39 is 0 Å². The highest BCUT2D eigenvalue weighted by molar-refractivity contribution is 5.38. The fourth-order valence-electron chi connectivity index (χ4n) is 2.46. The molecule has 0 aliphatic heterocycles. The van der Waals surface area contributed by atoms with Crippen molar-refractivity contribution in [3.8, 4) is 5.75 Å². The van der Waals surface area contributed by atoms with Gasteiger partial charge in [-0.3, -0.25) is 0 Å². The minimum atomic E-state index is -0.341. The lowest BCUT2D eigenvalue weighted by atomic mass is 9.95. The molecule has 0 spiro atoms. The van der Waals surface area contributed by atoms with Crippen LogP contribution < -0.4 is 10.1 Å². The van der Waals surface area contributed by atoms with Gasteiger partial charge in [0.2, 0.25) is 0 Å². The summed E-state index contributed by atoms with van der Waals surface area (Å²) < 4.78 is 18.6. The molecule has 0 aliphatic rings. The van der Waals surface area contributed by atoms with E-state index in [-0.39, 0.29) is 17.6 Å². The molecule has 0 fully saturated rings. The second-order valence-electron chi connectivity index (χ2n) is 5.44. The van der Waals surface area contributed by atoms with Crippen molar-refractivity contribution in [2.75, 3.05) is 14.2 Å². The summed E-state index contributed by atoms with van der Waals surface area (Å²) in [6, 6.07) is 13.5. The highest BCUT2D eigenvalue weighted by Gasteiger charge is 2.14. The molecule has 2 aromatic carbocycles. The minimum absolute atomic E-state index is 0.0145. The molecule has 0 saturated carbocycles. The van der Waals surface area contributed by atoms with Gasteiger partial charge in [-0.05, 0) is 41.8 Å². The summed E-state index contributed by atoms with van der Waals surface area (Å²) in [4.78, 5) is 0. The molecular formula is C18H22FNO. The fourth-order valence-corrected chi connectivity index (χ4v) is 2.46. The number of rotatable bonds is 5. The van der Waals surface area contributed by atoms with Crippen molar-refractivity contribution in [3.05, 3.63) is 65.0 Å². The Balaban J connectivity index is 2.34. The molecule has 0 radical (unpaired) electrons. The van der Waals surface area contributed by atoms with Crippen LogP contribution in [0.3, 0.4) is 0 Å². The van der Waals surface area contributed by atoms with Crippen LogP contribution in [-0.2, 0) is 0 Å². The maximum absolute atomic E-state index is 13.5. The summed E-state index contributed by atoms with van der Waals surface area (Å²) in [5, 5.41) is 3.28. The fraction of sp³-hybridized carbons (Fsp3) is 0.333. The first kappa shape index (κ1) is 15.5. The summed E-state index contributed by atoms with van der Waals surface area (Å²) in [5.41, 5.74) is 3.44. The summed E-state index contributed by atoms with van der Waals surface area (Å²) in [6.07, 6.45) is 0. The van der Waals surface area contributed by atoms with E-state index in [2.05, 4.69) is 43.4 Å². The average molecular weight is 287 g/mol. The van der Waals surface area contributed by atoms with Crippen LogP contribution in [0, 0.1) is 5.82 Å². The van der Waals surface area contributed by atoms with Crippen LogP contribution in [0.4, 0.5) is 4.39 Å². The van der Waals surface area contributed by atoms with Gasteiger partial charge < -0.3 is 10.1 Å². The SMILES string of the molecule is CNC(c1ccc(C(C)C)cc1)c1ccc(F)c(OC)c1. The van der Waals surface area contributed by atoms with Crippen LogP contribution in [0.5, 0.6) is 5.75 Å². The van der Waals surface area contributed by atoms with Crippen LogP contribution in [0.2, 0.25) is 0 Å². The van der Waals surface area contributed by atoms with Crippen molar-refractivity contribution < 1.29 is 9.13 Å². The van der Waals surface area contributed by atoms with Crippen LogP contribution in [-0.4, -0.2) is 14.2 Å². The highest BCUT2D eigenvalue weighted by atomic mass is 19.1. The van der Waals surface area contributed by atoms with E-state index in [1.165, 1.54) is 18.7 Å². The second kappa shape index (κ2) is 6.72. The van der Waals surface area contributed by atoms with Crippen molar-refractivity contribution in [1.82, 2.24) is 5.32 Å². The Morgan fingerprint density at radius 2 is 1.52 bits per heavy atom. The molecule has 0 amide bonds. The smallest absolute Gasteiger partial charge is 0.165 e. The molecular weight excluding hydrogens is 265 g/mol. The molecule has 3 heteroatoms. The van der Waals surface area contributed by atoms with E-state index in [1.807, 2.05) is 7.05 Å². The number of hydrogen-bond donors (Lipinski definition) is 1. The Morgan fingerprint density at radius 3 is 2.05 bits per heavy atom. The quantitative estimate of drug-likeness (QED) is 0.887. The summed E-state index contributed by atoms with van der Waals surface area (Å²) in [7, 11) is 3.38. The van der Waals surface area contributed by atoms with E-state index in [9.17, 15) is 4.39 Å². The minimum Gasteiger partial charge on any atom is -0.494 e. The van der Waals surface area contributed by atoms with Crippen LogP contribution in [0.1, 0.15) is 42.5 Å². The van der Waals surface area contributed by atoms with Gasteiger partial charge in [-0.15, -0.1) is 0 Å². The second-order valence-corrected chi connectivity index (χ2v) is 5.44. The normalized spacial score (nSPS) is 12.5. The zero-order valence-electron chi connectivity index (χ0n) is 13.0. The Morgan fingerprint density at radius 1 is 0.952 bits per heavy atom. The van der Waals surface area contributed by atoms with Crippen molar-refractivity contribution in [2.45, 2.75) is 25.8 Å². The van der Waals surface area contributed by atoms with Gasteiger partial charge in [-0.25, -0.2) is 4.39 Å². The van der Waals surface area contributed by atoms with Gasteiger partial charge in [0.15, 0.2) is 11.6 Å². The number of halogens is 1. The molecule has 0 saturated heterocycles. The monoisotopic (exact) mass is 287 g/mol. The van der Waals surface area contributed by atoms with E-state index in [1.54, 1.807) is 12.1 Å². The lowest BCUT2D eigenvalue weighted by molar-refractivity contribution is 0.385.